The Morgan fingerprint density at radius 1 is 1.25 bits per heavy atom. The molecule has 0 aliphatic heterocycles. The number of benzene rings is 1. The zero-order valence-corrected chi connectivity index (χ0v) is 8.76. The minimum absolute atomic E-state index is 0.396. The van der Waals surface area contributed by atoms with Gasteiger partial charge in [0.2, 0.25) is 0 Å². The Bertz CT molecular complexity index is 305. The second kappa shape index (κ2) is 3.87. The molecule has 0 N–H and O–H groups in total. The van der Waals surface area contributed by atoms with Crippen LogP contribution >= 0.6 is 34.8 Å². The summed E-state index contributed by atoms with van der Waals surface area (Å²) in [4.78, 5) is 0. The van der Waals surface area contributed by atoms with Crippen LogP contribution in [-0.2, 0) is 6.42 Å². The molecule has 0 atom stereocenters. The number of hydrogen-bond acceptors (Lipinski definition) is 0. The molecule has 0 saturated carbocycles. The second-order valence-electron chi connectivity index (χ2n) is 2.47. The summed E-state index contributed by atoms with van der Waals surface area (Å²) in [5, 5.41) is 1.34. The fraction of sp³-hybridized carbons (Fsp3) is 0.222. The van der Waals surface area contributed by atoms with Crippen LogP contribution in [0.4, 0.5) is 0 Å². The van der Waals surface area contributed by atoms with Crippen LogP contribution in [0.3, 0.4) is 0 Å². The zero-order chi connectivity index (χ0) is 9.30. The highest BCUT2D eigenvalue weighted by Crippen LogP contribution is 2.34. The fourth-order valence-electron chi connectivity index (χ4n) is 0.947. The minimum atomic E-state index is 0.396. The smallest absolute Gasteiger partial charge is 0.0781 e. The third-order valence-electron chi connectivity index (χ3n) is 1.73. The molecule has 0 saturated heterocycles. The third kappa shape index (κ3) is 1.71. The molecule has 0 bridgehead atoms. The van der Waals surface area contributed by atoms with E-state index in [1.807, 2.05) is 6.92 Å². The largest absolute Gasteiger partial charge is 0.0826 e. The maximum Gasteiger partial charge on any atom is 0.0781 e. The summed E-state index contributed by atoms with van der Waals surface area (Å²) < 4.78 is 0. The SMILES string of the molecule is [CH]Cc1cc(Cl)c(Cl)c(Cl)c1C. The van der Waals surface area contributed by atoms with Gasteiger partial charge in [0.15, 0.2) is 0 Å². The van der Waals surface area contributed by atoms with E-state index in [4.69, 9.17) is 41.7 Å². The van der Waals surface area contributed by atoms with Crippen molar-refractivity contribution in [1.29, 1.82) is 0 Å². The Morgan fingerprint density at radius 3 is 2.33 bits per heavy atom. The van der Waals surface area contributed by atoms with E-state index in [-0.39, 0.29) is 0 Å². The highest BCUT2D eigenvalue weighted by molar-refractivity contribution is 6.48. The van der Waals surface area contributed by atoms with Crippen LogP contribution in [0.15, 0.2) is 6.07 Å². The van der Waals surface area contributed by atoms with Crippen molar-refractivity contribution in [3.8, 4) is 0 Å². The van der Waals surface area contributed by atoms with E-state index < -0.39 is 0 Å². The van der Waals surface area contributed by atoms with E-state index in [1.54, 1.807) is 6.07 Å². The highest BCUT2D eigenvalue weighted by atomic mass is 35.5. The first kappa shape index (κ1) is 10.2. The van der Waals surface area contributed by atoms with Gasteiger partial charge < -0.3 is 0 Å². The lowest BCUT2D eigenvalue weighted by Crippen LogP contribution is -1.89. The van der Waals surface area contributed by atoms with Gasteiger partial charge in [0, 0.05) is 0 Å². The predicted octanol–water partition coefficient (Wildman–Crippen LogP) is 4.21. The average molecular weight is 222 g/mol. The Labute approximate surface area is 87.4 Å². The van der Waals surface area contributed by atoms with Crippen LogP contribution in [0.1, 0.15) is 11.1 Å². The van der Waals surface area contributed by atoms with Crippen molar-refractivity contribution >= 4 is 34.8 Å². The van der Waals surface area contributed by atoms with Gasteiger partial charge in [-0.05, 0) is 37.5 Å². The second-order valence-corrected chi connectivity index (χ2v) is 3.64. The minimum Gasteiger partial charge on any atom is -0.0826 e. The first-order valence-electron chi connectivity index (χ1n) is 3.41. The van der Waals surface area contributed by atoms with Gasteiger partial charge >= 0.3 is 0 Å². The van der Waals surface area contributed by atoms with E-state index in [9.17, 15) is 0 Å². The van der Waals surface area contributed by atoms with Gasteiger partial charge in [0.05, 0.1) is 15.1 Å². The van der Waals surface area contributed by atoms with Gasteiger partial charge in [-0.3, -0.25) is 0 Å². The molecule has 1 aromatic carbocycles. The van der Waals surface area contributed by atoms with Crippen molar-refractivity contribution < 1.29 is 0 Å². The van der Waals surface area contributed by atoms with Crippen LogP contribution in [0, 0.1) is 13.8 Å². The van der Waals surface area contributed by atoms with Crippen LogP contribution in [0.25, 0.3) is 0 Å². The number of rotatable bonds is 1. The summed E-state index contributed by atoms with van der Waals surface area (Å²) in [7, 11) is 0. The molecule has 0 aliphatic rings. The van der Waals surface area contributed by atoms with Crippen molar-refractivity contribution in [3.05, 3.63) is 39.2 Å². The summed E-state index contributed by atoms with van der Waals surface area (Å²) >= 11 is 17.5. The summed E-state index contributed by atoms with van der Waals surface area (Å²) in [6, 6.07) is 1.74. The normalized spacial score (nSPS) is 10.4. The molecule has 0 heterocycles. The van der Waals surface area contributed by atoms with E-state index in [1.165, 1.54) is 0 Å². The van der Waals surface area contributed by atoms with Crippen molar-refractivity contribution in [2.24, 2.45) is 0 Å². The maximum atomic E-state index is 5.89. The molecule has 0 aromatic heterocycles. The molecular formula is C9H7Cl3. The number of hydrogen-bond donors (Lipinski definition) is 0. The molecular weight excluding hydrogens is 214 g/mol. The van der Waals surface area contributed by atoms with E-state index in [0.717, 1.165) is 11.1 Å². The van der Waals surface area contributed by atoms with Crippen molar-refractivity contribution in [2.75, 3.05) is 0 Å². The van der Waals surface area contributed by atoms with Gasteiger partial charge in [-0.1, -0.05) is 34.8 Å². The lowest BCUT2D eigenvalue weighted by molar-refractivity contribution is 1.21. The maximum absolute atomic E-state index is 5.89. The Morgan fingerprint density at radius 2 is 1.83 bits per heavy atom. The molecule has 0 spiro atoms. The highest BCUT2D eigenvalue weighted by Gasteiger charge is 2.09. The predicted molar refractivity (Wildman–Crippen MR) is 54.2 cm³/mol. The quantitative estimate of drug-likeness (QED) is 0.623. The molecule has 3 heteroatoms. The van der Waals surface area contributed by atoms with E-state index in [0.29, 0.717) is 21.5 Å². The van der Waals surface area contributed by atoms with Gasteiger partial charge in [-0.15, -0.1) is 0 Å². The van der Waals surface area contributed by atoms with Crippen molar-refractivity contribution in [2.45, 2.75) is 13.3 Å². The Hall–Kier alpha value is 0.0900. The van der Waals surface area contributed by atoms with Gasteiger partial charge in [0.25, 0.3) is 0 Å². The molecule has 2 radical (unpaired) electrons. The summed E-state index contributed by atoms with van der Waals surface area (Å²) in [6.07, 6.45) is 0.419. The summed E-state index contributed by atoms with van der Waals surface area (Å²) in [5.74, 6) is 0. The third-order valence-corrected chi connectivity index (χ3v) is 3.09. The standard InChI is InChI=1S/C9H7Cl3/c1-3-6-4-7(10)9(12)8(11)5(6)2/h1,4H,3H2,2H3. The lowest BCUT2D eigenvalue weighted by atomic mass is 10.1. The van der Waals surface area contributed by atoms with Crippen LogP contribution < -0.4 is 0 Å². The molecule has 12 heavy (non-hydrogen) atoms. The van der Waals surface area contributed by atoms with Gasteiger partial charge in [-0.2, -0.15) is 0 Å². The lowest BCUT2D eigenvalue weighted by Gasteiger charge is -2.08. The van der Waals surface area contributed by atoms with Gasteiger partial charge in [0.1, 0.15) is 0 Å². The van der Waals surface area contributed by atoms with Crippen molar-refractivity contribution in [1.82, 2.24) is 0 Å². The van der Waals surface area contributed by atoms with Gasteiger partial charge in [-0.25, -0.2) is 0 Å². The molecule has 64 valence electrons. The van der Waals surface area contributed by atoms with Crippen LogP contribution in [0.5, 0.6) is 0 Å². The fourth-order valence-corrected chi connectivity index (χ4v) is 1.64. The molecule has 0 unspecified atom stereocenters. The molecule has 1 rings (SSSR count). The summed E-state index contributed by atoms with van der Waals surface area (Å²) in [5.41, 5.74) is 1.82. The number of halogens is 3. The Balaban J connectivity index is 3.39. The molecule has 1 aromatic rings. The van der Waals surface area contributed by atoms with E-state index >= 15 is 0 Å². The monoisotopic (exact) mass is 220 g/mol. The molecule has 0 amide bonds. The van der Waals surface area contributed by atoms with E-state index in [2.05, 4.69) is 0 Å². The van der Waals surface area contributed by atoms with Crippen LogP contribution in [-0.4, -0.2) is 0 Å². The molecule has 0 fully saturated rings. The zero-order valence-electron chi connectivity index (χ0n) is 6.50. The molecule has 0 aliphatic carbocycles. The topological polar surface area (TPSA) is 0 Å². The van der Waals surface area contributed by atoms with Crippen LogP contribution in [0.2, 0.25) is 15.1 Å². The van der Waals surface area contributed by atoms with Crippen molar-refractivity contribution in [3.63, 3.8) is 0 Å². The molecule has 0 nitrogen and oxygen atoms in total. The average Bonchev–Trinajstić information content (AvgIpc) is 2.08. The summed E-state index contributed by atoms with van der Waals surface area (Å²) in [6.45, 7) is 7.35. The first-order valence-corrected chi connectivity index (χ1v) is 4.54. The first-order chi connectivity index (χ1) is 5.57. The Kier molecular flexibility index (Phi) is 3.28.